The normalized spacial score (nSPS) is 16.9. The maximum Gasteiger partial charge on any atom is 0.416 e. The summed E-state index contributed by atoms with van der Waals surface area (Å²) in [6.07, 6.45) is -3.01. The highest BCUT2D eigenvalue weighted by Gasteiger charge is 2.35. The number of amides is 1. The zero-order chi connectivity index (χ0) is 25.2. The number of benzene rings is 2. The number of amidine groups is 1. The van der Waals surface area contributed by atoms with Gasteiger partial charge in [-0.25, -0.2) is 0 Å². The molecule has 1 aliphatic rings. The van der Waals surface area contributed by atoms with Crippen LogP contribution < -0.4 is 4.74 Å². The number of hydrogen-bond acceptors (Lipinski definition) is 6. The number of hydrogen-bond donors (Lipinski definition) is 0. The molecule has 1 amide bonds. The molecule has 0 spiro atoms. The van der Waals surface area contributed by atoms with Crippen molar-refractivity contribution in [2.24, 2.45) is 4.99 Å². The minimum absolute atomic E-state index is 0.0292. The van der Waals surface area contributed by atoms with Crippen LogP contribution >= 0.6 is 11.8 Å². The Kier molecular flexibility index (Phi) is 7.35. The van der Waals surface area contributed by atoms with Gasteiger partial charge in [-0.1, -0.05) is 12.1 Å². The molecule has 0 aliphatic carbocycles. The van der Waals surface area contributed by atoms with E-state index in [9.17, 15) is 28.1 Å². The monoisotopic (exact) mass is 493 g/mol. The van der Waals surface area contributed by atoms with Gasteiger partial charge in [0, 0.05) is 18.2 Å². The molecule has 2 aromatic rings. The molecule has 0 bridgehead atoms. The Balaban J connectivity index is 1.83. The van der Waals surface area contributed by atoms with E-state index in [1.165, 1.54) is 23.9 Å². The summed E-state index contributed by atoms with van der Waals surface area (Å²) < 4.78 is 44.1. The van der Waals surface area contributed by atoms with E-state index < -0.39 is 22.4 Å². The topological polar surface area (TPSA) is 85.0 Å². The molecule has 3 rings (SSSR count). The molecule has 1 aliphatic heterocycles. The lowest BCUT2D eigenvalue weighted by Gasteiger charge is -2.20. The van der Waals surface area contributed by atoms with Crippen LogP contribution in [0.15, 0.2) is 52.4 Å². The molecule has 0 radical (unpaired) electrons. The van der Waals surface area contributed by atoms with Gasteiger partial charge in [0.15, 0.2) is 5.17 Å². The van der Waals surface area contributed by atoms with Crippen LogP contribution in [0.1, 0.15) is 38.8 Å². The van der Waals surface area contributed by atoms with Gasteiger partial charge >= 0.3 is 11.9 Å². The fourth-order valence-electron chi connectivity index (χ4n) is 3.09. The minimum Gasteiger partial charge on any atom is -0.450 e. The molecule has 0 atom stereocenters. The van der Waals surface area contributed by atoms with Crippen LogP contribution in [0.25, 0.3) is 6.08 Å². The van der Waals surface area contributed by atoms with Crippen LogP contribution in [0.3, 0.4) is 0 Å². The summed E-state index contributed by atoms with van der Waals surface area (Å²) in [5.74, 6) is -0.269. The van der Waals surface area contributed by atoms with Gasteiger partial charge in [0.25, 0.3) is 5.91 Å². The lowest BCUT2D eigenvalue weighted by Crippen LogP contribution is -2.35. The lowest BCUT2D eigenvalue weighted by atomic mass is 10.1. The number of carbonyl (C=O) groups is 1. The number of thioether (sulfide) groups is 1. The van der Waals surface area contributed by atoms with Gasteiger partial charge in [-0.3, -0.25) is 24.8 Å². The van der Waals surface area contributed by atoms with Gasteiger partial charge in [0.05, 0.1) is 15.4 Å². The van der Waals surface area contributed by atoms with Crippen molar-refractivity contribution in [3.8, 4) is 11.5 Å². The van der Waals surface area contributed by atoms with E-state index >= 15 is 0 Å². The summed E-state index contributed by atoms with van der Waals surface area (Å²) in [5.41, 5.74) is -1.25. The van der Waals surface area contributed by atoms with E-state index in [1.807, 2.05) is 27.7 Å². The summed E-state index contributed by atoms with van der Waals surface area (Å²) in [6, 6.07) is 8.37. The van der Waals surface area contributed by atoms with E-state index in [4.69, 9.17) is 4.74 Å². The second-order valence-electron chi connectivity index (χ2n) is 7.99. The average Bonchev–Trinajstić information content (AvgIpc) is 3.02. The minimum atomic E-state index is -4.71. The highest BCUT2D eigenvalue weighted by atomic mass is 32.2. The molecular weight excluding hydrogens is 471 g/mol. The lowest BCUT2D eigenvalue weighted by molar-refractivity contribution is -0.385. The first-order valence-corrected chi connectivity index (χ1v) is 11.1. The number of nitro benzene ring substituents is 1. The number of halogens is 3. The average molecular weight is 494 g/mol. The second-order valence-corrected chi connectivity index (χ2v) is 9.00. The Morgan fingerprint density at radius 3 is 2.29 bits per heavy atom. The van der Waals surface area contributed by atoms with Crippen molar-refractivity contribution in [2.45, 2.75) is 46.0 Å². The maximum atomic E-state index is 12.9. The van der Waals surface area contributed by atoms with Crippen LogP contribution in [0, 0.1) is 10.1 Å². The van der Waals surface area contributed by atoms with Gasteiger partial charge < -0.3 is 4.74 Å². The highest BCUT2D eigenvalue weighted by molar-refractivity contribution is 8.18. The van der Waals surface area contributed by atoms with Gasteiger partial charge in [-0.2, -0.15) is 13.2 Å². The van der Waals surface area contributed by atoms with Crippen LogP contribution in [0.2, 0.25) is 0 Å². The Hall–Kier alpha value is -3.34. The largest absolute Gasteiger partial charge is 0.450 e. The Labute approximate surface area is 198 Å². The molecule has 2 aromatic carbocycles. The van der Waals surface area contributed by atoms with Crippen molar-refractivity contribution < 1.29 is 27.6 Å². The summed E-state index contributed by atoms with van der Waals surface area (Å²) in [4.78, 5) is 29.8. The summed E-state index contributed by atoms with van der Waals surface area (Å²) in [5, 5.41) is 11.9. The predicted octanol–water partition coefficient (Wildman–Crippen LogP) is 6.50. The number of rotatable bonds is 6. The Bertz CT molecular complexity index is 1160. The summed E-state index contributed by atoms with van der Waals surface area (Å²) in [6.45, 7) is 7.67. The second kappa shape index (κ2) is 9.88. The molecule has 34 heavy (non-hydrogen) atoms. The standard InChI is InChI=1S/C23H22F3N3O4S/c1-13(2)27-22-28(14(3)4)21(30)20(34-22)11-15-5-8-17(9-6-15)33-19-10-7-16(23(24,25)26)12-18(19)29(31)32/h5-14H,1-4H3/b20-11+,27-22?. The number of carbonyl (C=O) groups excluding carboxylic acids is 1. The van der Waals surface area contributed by atoms with Gasteiger partial charge in [-0.15, -0.1) is 0 Å². The number of alkyl halides is 3. The first kappa shape index (κ1) is 25.3. The van der Waals surface area contributed by atoms with E-state index in [0.717, 1.165) is 12.1 Å². The summed E-state index contributed by atoms with van der Waals surface area (Å²) in [7, 11) is 0. The van der Waals surface area contributed by atoms with Crippen molar-refractivity contribution in [2.75, 3.05) is 0 Å². The Morgan fingerprint density at radius 2 is 1.76 bits per heavy atom. The van der Waals surface area contributed by atoms with Crippen LogP contribution in [-0.4, -0.2) is 33.0 Å². The fourth-order valence-corrected chi connectivity index (χ4v) is 4.32. The van der Waals surface area contributed by atoms with Crippen LogP contribution in [0.5, 0.6) is 11.5 Å². The number of ether oxygens (including phenoxy) is 1. The first-order chi connectivity index (χ1) is 15.9. The SMILES string of the molecule is CC(C)N=C1S/C(=C/c2ccc(Oc3ccc(C(F)(F)F)cc3[N+](=O)[O-])cc2)C(=O)N1C(C)C. The Morgan fingerprint density at radius 1 is 1.12 bits per heavy atom. The third-order valence-corrected chi connectivity index (χ3v) is 5.61. The van der Waals surface area contributed by atoms with Crippen molar-refractivity contribution in [3.05, 3.63) is 68.6 Å². The van der Waals surface area contributed by atoms with Crippen molar-refractivity contribution in [1.82, 2.24) is 4.90 Å². The molecule has 7 nitrogen and oxygen atoms in total. The quantitative estimate of drug-likeness (QED) is 0.261. The maximum absolute atomic E-state index is 12.9. The first-order valence-electron chi connectivity index (χ1n) is 10.3. The molecule has 180 valence electrons. The fraction of sp³-hybridized carbons (Fsp3) is 0.304. The smallest absolute Gasteiger partial charge is 0.416 e. The molecule has 0 N–H and O–H groups in total. The molecule has 1 fully saturated rings. The van der Waals surface area contributed by atoms with Crippen molar-refractivity contribution in [3.63, 3.8) is 0 Å². The highest BCUT2D eigenvalue weighted by Crippen LogP contribution is 2.38. The molecule has 1 heterocycles. The van der Waals surface area contributed by atoms with Crippen molar-refractivity contribution >= 4 is 34.6 Å². The molecule has 0 aromatic heterocycles. The molecule has 11 heteroatoms. The molecule has 0 saturated carbocycles. The zero-order valence-corrected chi connectivity index (χ0v) is 19.6. The van der Waals surface area contributed by atoms with E-state index in [-0.39, 0.29) is 29.5 Å². The predicted molar refractivity (Wildman–Crippen MR) is 125 cm³/mol. The van der Waals surface area contributed by atoms with Crippen molar-refractivity contribution in [1.29, 1.82) is 0 Å². The van der Waals surface area contributed by atoms with Gasteiger partial charge in [-0.05, 0) is 75.4 Å². The molecule has 0 unspecified atom stereocenters. The third-order valence-electron chi connectivity index (χ3n) is 4.61. The third kappa shape index (κ3) is 5.77. The molecule has 1 saturated heterocycles. The van der Waals surface area contributed by atoms with E-state index in [1.54, 1.807) is 23.1 Å². The zero-order valence-electron chi connectivity index (χ0n) is 18.8. The van der Waals surface area contributed by atoms with Gasteiger partial charge in [0.1, 0.15) is 5.75 Å². The van der Waals surface area contributed by atoms with Crippen LogP contribution in [-0.2, 0) is 11.0 Å². The molecular formula is C23H22F3N3O4S. The number of nitro groups is 1. The van der Waals surface area contributed by atoms with Crippen LogP contribution in [0.4, 0.5) is 18.9 Å². The van der Waals surface area contributed by atoms with E-state index in [0.29, 0.717) is 21.7 Å². The van der Waals surface area contributed by atoms with E-state index in [2.05, 4.69) is 4.99 Å². The van der Waals surface area contributed by atoms with Gasteiger partial charge in [0.2, 0.25) is 5.75 Å². The number of aliphatic imine (C=N–C) groups is 1. The number of nitrogens with zero attached hydrogens (tertiary/aromatic N) is 3. The summed E-state index contributed by atoms with van der Waals surface area (Å²) >= 11 is 1.28.